The number of benzene rings is 3. The van der Waals surface area contributed by atoms with Crippen molar-refractivity contribution in [2.75, 3.05) is 0 Å². The second-order valence-corrected chi connectivity index (χ2v) is 6.08. The highest BCUT2D eigenvalue weighted by atomic mass is 16.1. The molecule has 0 N–H and O–H groups in total. The highest BCUT2D eigenvalue weighted by molar-refractivity contribution is 6.11. The van der Waals surface area contributed by atoms with Crippen molar-refractivity contribution in [3.8, 4) is 0 Å². The van der Waals surface area contributed by atoms with Crippen molar-refractivity contribution in [3.63, 3.8) is 0 Å². The molecule has 0 aliphatic heterocycles. The van der Waals surface area contributed by atoms with E-state index in [1.54, 1.807) is 0 Å². The normalized spacial score (nSPS) is 11.2. The summed E-state index contributed by atoms with van der Waals surface area (Å²) < 4.78 is 2.30. The fourth-order valence-electron chi connectivity index (χ4n) is 3.45. The first kappa shape index (κ1) is 14.7. The van der Waals surface area contributed by atoms with Crippen molar-refractivity contribution < 1.29 is 4.79 Å². The molecule has 0 bridgehead atoms. The van der Waals surface area contributed by atoms with E-state index < -0.39 is 0 Å². The molecule has 0 radical (unpaired) electrons. The van der Waals surface area contributed by atoms with Crippen molar-refractivity contribution in [3.05, 3.63) is 83.9 Å². The highest BCUT2D eigenvalue weighted by Crippen LogP contribution is 2.30. The minimum absolute atomic E-state index is 0.163. The number of fused-ring (bicyclic) bond motifs is 3. The molecule has 0 saturated carbocycles. The number of carbonyl (C=O) groups excluding carboxylic acids is 1. The number of aromatic nitrogens is 1. The molecule has 0 fully saturated rings. The van der Waals surface area contributed by atoms with Gasteiger partial charge in [-0.3, -0.25) is 4.79 Å². The lowest BCUT2D eigenvalue weighted by Crippen LogP contribution is -2.03. The van der Waals surface area contributed by atoms with Crippen molar-refractivity contribution >= 4 is 27.6 Å². The van der Waals surface area contributed by atoms with Crippen LogP contribution in [0.3, 0.4) is 0 Å². The molecule has 3 aromatic carbocycles. The Morgan fingerprint density at radius 2 is 1.54 bits per heavy atom. The van der Waals surface area contributed by atoms with E-state index in [0.29, 0.717) is 6.42 Å². The first-order chi connectivity index (χ1) is 11.8. The lowest BCUT2D eigenvalue weighted by Gasteiger charge is -2.04. The van der Waals surface area contributed by atoms with Gasteiger partial charge in [0.1, 0.15) is 0 Å². The number of hydrogen-bond donors (Lipinski definition) is 0. The summed E-state index contributed by atoms with van der Waals surface area (Å²) in [6, 6.07) is 24.4. The fourth-order valence-corrected chi connectivity index (χ4v) is 3.45. The van der Waals surface area contributed by atoms with Gasteiger partial charge in [-0.15, -0.1) is 0 Å². The van der Waals surface area contributed by atoms with E-state index in [1.807, 2.05) is 36.4 Å². The van der Waals surface area contributed by atoms with Crippen molar-refractivity contribution in [2.24, 2.45) is 0 Å². The lowest BCUT2D eigenvalue weighted by atomic mass is 10.0. The summed E-state index contributed by atoms with van der Waals surface area (Å²) in [5, 5.41) is 2.37. The molecule has 0 amide bonds. The Morgan fingerprint density at radius 3 is 2.33 bits per heavy atom. The zero-order valence-electron chi connectivity index (χ0n) is 13.7. The van der Waals surface area contributed by atoms with Crippen LogP contribution in [0, 0.1) is 0 Å². The standard InChI is InChI=1S/C22H19NO/c1-2-23-20-11-7-6-10-18(20)19-15-17(12-13-21(19)23)22(24)14-16-8-4-3-5-9-16/h3-13,15H,2,14H2,1H3. The number of carbonyl (C=O) groups is 1. The van der Waals surface area contributed by atoms with Gasteiger partial charge < -0.3 is 4.57 Å². The Bertz CT molecular complexity index is 1030. The van der Waals surface area contributed by atoms with Gasteiger partial charge >= 0.3 is 0 Å². The third-order valence-corrected chi connectivity index (χ3v) is 4.62. The van der Waals surface area contributed by atoms with E-state index in [1.165, 1.54) is 16.4 Å². The molecule has 24 heavy (non-hydrogen) atoms. The quantitative estimate of drug-likeness (QED) is 0.472. The molecule has 1 heterocycles. The Kier molecular flexibility index (Phi) is 3.66. The molecule has 2 nitrogen and oxygen atoms in total. The largest absolute Gasteiger partial charge is 0.341 e. The second kappa shape index (κ2) is 5.97. The van der Waals surface area contributed by atoms with Crippen LogP contribution in [-0.4, -0.2) is 10.4 Å². The monoisotopic (exact) mass is 313 g/mol. The van der Waals surface area contributed by atoms with E-state index in [4.69, 9.17) is 0 Å². The van der Waals surface area contributed by atoms with Crippen molar-refractivity contribution in [1.82, 2.24) is 4.57 Å². The minimum Gasteiger partial charge on any atom is -0.341 e. The first-order valence-corrected chi connectivity index (χ1v) is 8.36. The molecule has 0 saturated heterocycles. The van der Waals surface area contributed by atoms with Crippen LogP contribution in [0.15, 0.2) is 72.8 Å². The summed E-state index contributed by atoms with van der Waals surface area (Å²) in [6.07, 6.45) is 0.443. The molecule has 0 aliphatic rings. The van der Waals surface area contributed by atoms with E-state index in [9.17, 15) is 4.79 Å². The molecule has 4 rings (SSSR count). The van der Waals surface area contributed by atoms with Gasteiger partial charge in [0.05, 0.1) is 0 Å². The molecule has 0 unspecified atom stereocenters. The van der Waals surface area contributed by atoms with E-state index >= 15 is 0 Å². The third kappa shape index (κ3) is 2.41. The Hall–Kier alpha value is -2.87. The molecule has 0 aliphatic carbocycles. The number of hydrogen-bond acceptors (Lipinski definition) is 1. The summed E-state index contributed by atoms with van der Waals surface area (Å²) in [4.78, 5) is 12.7. The number of nitrogens with zero attached hydrogens (tertiary/aromatic N) is 1. The van der Waals surface area contributed by atoms with Crippen LogP contribution >= 0.6 is 0 Å². The molecule has 1 aromatic heterocycles. The molecular weight excluding hydrogens is 294 g/mol. The van der Waals surface area contributed by atoms with E-state index in [-0.39, 0.29) is 5.78 Å². The number of aryl methyl sites for hydroxylation is 1. The maximum absolute atomic E-state index is 12.7. The number of para-hydroxylation sites is 1. The van der Waals surface area contributed by atoms with Gasteiger partial charge in [0, 0.05) is 40.3 Å². The first-order valence-electron chi connectivity index (χ1n) is 8.36. The van der Waals surface area contributed by atoms with Crippen LogP contribution in [0.2, 0.25) is 0 Å². The predicted molar refractivity (Wildman–Crippen MR) is 99.6 cm³/mol. The van der Waals surface area contributed by atoms with E-state index in [0.717, 1.165) is 23.1 Å². The lowest BCUT2D eigenvalue weighted by molar-refractivity contribution is 0.0993. The number of Topliss-reactive ketones (excluding diaryl/α,β-unsaturated/α-hetero) is 1. The Balaban J connectivity index is 1.81. The van der Waals surface area contributed by atoms with Gasteiger partial charge in [0.25, 0.3) is 0 Å². The van der Waals surface area contributed by atoms with E-state index in [2.05, 4.69) is 47.9 Å². The Morgan fingerprint density at radius 1 is 0.833 bits per heavy atom. The summed E-state index contributed by atoms with van der Waals surface area (Å²) in [7, 11) is 0. The molecule has 0 spiro atoms. The summed E-state index contributed by atoms with van der Waals surface area (Å²) in [6.45, 7) is 3.07. The zero-order chi connectivity index (χ0) is 16.5. The van der Waals surface area contributed by atoms with Crippen molar-refractivity contribution in [1.29, 1.82) is 0 Å². The smallest absolute Gasteiger partial charge is 0.167 e. The van der Waals surface area contributed by atoms with Crippen LogP contribution < -0.4 is 0 Å². The van der Waals surface area contributed by atoms with Crippen LogP contribution in [0.1, 0.15) is 22.8 Å². The molecule has 4 aromatic rings. The van der Waals surface area contributed by atoms with Crippen LogP contribution in [0.25, 0.3) is 21.8 Å². The zero-order valence-corrected chi connectivity index (χ0v) is 13.7. The minimum atomic E-state index is 0.163. The van der Waals surface area contributed by atoms with Gasteiger partial charge in [0.15, 0.2) is 5.78 Å². The van der Waals surface area contributed by atoms with Gasteiger partial charge in [-0.1, -0.05) is 48.5 Å². The Labute approximate surface area is 141 Å². The topological polar surface area (TPSA) is 22.0 Å². The summed E-state index contributed by atoms with van der Waals surface area (Å²) >= 11 is 0. The van der Waals surface area contributed by atoms with Gasteiger partial charge in [0.2, 0.25) is 0 Å². The van der Waals surface area contributed by atoms with Crippen LogP contribution in [0.4, 0.5) is 0 Å². The predicted octanol–water partition coefficient (Wildman–Crippen LogP) is 5.24. The molecule has 2 heteroatoms. The second-order valence-electron chi connectivity index (χ2n) is 6.08. The van der Waals surface area contributed by atoms with Gasteiger partial charge in [-0.2, -0.15) is 0 Å². The third-order valence-electron chi connectivity index (χ3n) is 4.62. The van der Waals surface area contributed by atoms with Crippen LogP contribution in [0.5, 0.6) is 0 Å². The summed E-state index contributed by atoms with van der Waals surface area (Å²) in [5.74, 6) is 0.163. The average Bonchev–Trinajstić information content (AvgIpc) is 2.95. The van der Waals surface area contributed by atoms with Gasteiger partial charge in [-0.05, 0) is 36.8 Å². The van der Waals surface area contributed by atoms with Crippen molar-refractivity contribution in [2.45, 2.75) is 19.9 Å². The summed E-state index contributed by atoms with van der Waals surface area (Å²) in [5.41, 5.74) is 4.25. The van der Waals surface area contributed by atoms with Crippen LogP contribution in [-0.2, 0) is 13.0 Å². The average molecular weight is 313 g/mol. The maximum atomic E-state index is 12.7. The molecule has 0 atom stereocenters. The number of ketones is 1. The SMILES string of the molecule is CCn1c2ccccc2c2cc(C(=O)Cc3ccccc3)ccc21. The maximum Gasteiger partial charge on any atom is 0.167 e. The van der Waals surface area contributed by atoms with Gasteiger partial charge in [-0.25, -0.2) is 0 Å². The fraction of sp³-hybridized carbons (Fsp3) is 0.136. The highest BCUT2D eigenvalue weighted by Gasteiger charge is 2.13. The molecule has 118 valence electrons. The molecular formula is C22H19NO. The number of rotatable bonds is 4.